The van der Waals surface area contributed by atoms with Crippen molar-refractivity contribution in [3.8, 4) is 22.9 Å². The lowest BCUT2D eigenvalue weighted by Crippen LogP contribution is -2.15. The zero-order valence-corrected chi connectivity index (χ0v) is 18.1. The number of aryl methyl sites for hydroxylation is 1. The molecule has 8 heteroatoms. The van der Waals surface area contributed by atoms with Crippen LogP contribution in [-0.2, 0) is 11.8 Å². The van der Waals surface area contributed by atoms with Gasteiger partial charge in [0.05, 0.1) is 19.0 Å². The van der Waals surface area contributed by atoms with E-state index in [1.807, 2.05) is 61.9 Å². The summed E-state index contributed by atoms with van der Waals surface area (Å²) in [6.07, 6.45) is 0.860. The van der Waals surface area contributed by atoms with Crippen LogP contribution in [0.2, 0.25) is 0 Å². The summed E-state index contributed by atoms with van der Waals surface area (Å²) in [5.41, 5.74) is 3.95. The van der Waals surface area contributed by atoms with E-state index in [0.29, 0.717) is 24.2 Å². The highest BCUT2D eigenvalue weighted by Crippen LogP contribution is 2.34. The molecule has 0 radical (unpaired) electrons. The molecular formula is C22H24N4O3S. The molecule has 2 heterocycles. The van der Waals surface area contributed by atoms with Gasteiger partial charge >= 0.3 is 0 Å². The summed E-state index contributed by atoms with van der Waals surface area (Å²) in [6, 6.07) is 11.6. The van der Waals surface area contributed by atoms with Crippen molar-refractivity contribution in [2.45, 2.75) is 25.4 Å². The largest absolute Gasteiger partial charge is 0.490 e. The molecule has 0 bridgehead atoms. The van der Waals surface area contributed by atoms with Gasteiger partial charge in [-0.1, -0.05) is 23.9 Å². The van der Waals surface area contributed by atoms with E-state index in [1.165, 1.54) is 11.8 Å². The number of nitrogens with zero attached hydrogens (tertiary/aromatic N) is 3. The number of rotatable bonds is 5. The third kappa shape index (κ3) is 4.28. The summed E-state index contributed by atoms with van der Waals surface area (Å²) in [6.45, 7) is 5.32. The van der Waals surface area contributed by atoms with Gasteiger partial charge in [-0.2, -0.15) is 0 Å². The second kappa shape index (κ2) is 8.79. The molecule has 1 aromatic heterocycles. The maximum absolute atomic E-state index is 12.4. The van der Waals surface area contributed by atoms with Crippen molar-refractivity contribution < 1.29 is 14.3 Å². The molecule has 0 aliphatic carbocycles. The number of nitrogens with one attached hydrogen (secondary N) is 1. The first-order valence-electron chi connectivity index (χ1n) is 9.81. The Morgan fingerprint density at radius 1 is 1.13 bits per heavy atom. The fraction of sp³-hybridized carbons (Fsp3) is 0.318. The molecule has 0 fully saturated rings. The topological polar surface area (TPSA) is 78.3 Å². The van der Waals surface area contributed by atoms with E-state index >= 15 is 0 Å². The zero-order valence-electron chi connectivity index (χ0n) is 17.3. The van der Waals surface area contributed by atoms with Crippen LogP contribution in [0.15, 0.2) is 41.6 Å². The quantitative estimate of drug-likeness (QED) is 0.624. The number of carbonyl (C=O) groups is 1. The van der Waals surface area contributed by atoms with E-state index in [1.54, 1.807) is 0 Å². The fourth-order valence-corrected chi connectivity index (χ4v) is 3.91. The molecule has 4 rings (SSSR count). The summed E-state index contributed by atoms with van der Waals surface area (Å²) in [5.74, 6) is 2.35. The highest BCUT2D eigenvalue weighted by molar-refractivity contribution is 7.99. The van der Waals surface area contributed by atoms with E-state index in [9.17, 15) is 4.79 Å². The molecule has 1 aliphatic rings. The third-order valence-corrected chi connectivity index (χ3v) is 6.07. The van der Waals surface area contributed by atoms with E-state index in [-0.39, 0.29) is 11.7 Å². The number of thioether (sulfide) groups is 1. The predicted octanol–water partition coefficient (Wildman–Crippen LogP) is 3.99. The van der Waals surface area contributed by atoms with Crippen molar-refractivity contribution >= 4 is 23.4 Å². The number of benzene rings is 2. The Labute approximate surface area is 179 Å². The number of ether oxygens (including phenoxy) is 2. The Hall–Kier alpha value is -3.00. The molecule has 0 saturated heterocycles. The fourth-order valence-electron chi connectivity index (χ4n) is 3.20. The Kier molecular flexibility index (Phi) is 5.94. The van der Waals surface area contributed by atoms with Gasteiger partial charge in [-0.05, 0) is 49.2 Å². The van der Waals surface area contributed by atoms with E-state index < -0.39 is 0 Å². The summed E-state index contributed by atoms with van der Waals surface area (Å²) in [7, 11) is 1.89. The van der Waals surface area contributed by atoms with Gasteiger partial charge in [0.2, 0.25) is 5.91 Å². The summed E-state index contributed by atoms with van der Waals surface area (Å²) in [4.78, 5) is 12.4. The van der Waals surface area contributed by atoms with Crippen molar-refractivity contribution in [3.63, 3.8) is 0 Å². The molecule has 30 heavy (non-hydrogen) atoms. The minimum absolute atomic E-state index is 0.0752. The van der Waals surface area contributed by atoms with Gasteiger partial charge in [-0.25, -0.2) is 0 Å². The highest BCUT2D eigenvalue weighted by Gasteiger charge is 2.17. The van der Waals surface area contributed by atoms with Crippen LogP contribution < -0.4 is 14.8 Å². The standard InChI is InChI=1S/C22H24N4O3S/c1-14-6-4-7-17(15(14)2)23-20(27)13-30-22-25-24-21(26(22)3)16-8-9-18-19(12-16)29-11-5-10-28-18/h4,6-9,12H,5,10-11,13H2,1-3H3,(H,23,27). The molecule has 1 N–H and O–H groups in total. The van der Waals surface area contributed by atoms with Gasteiger partial charge in [0.15, 0.2) is 22.5 Å². The molecule has 7 nitrogen and oxygen atoms in total. The highest BCUT2D eigenvalue weighted by atomic mass is 32.2. The number of hydrogen-bond acceptors (Lipinski definition) is 6. The van der Waals surface area contributed by atoms with Gasteiger partial charge < -0.3 is 19.4 Å². The zero-order chi connectivity index (χ0) is 21.1. The smallest absolute Gasteiger partial charge is 0.234 e. The number of aromatic nitrogens is 3. The molecular weight excluding hydrogens is 400 g/mol. The Balaban J connectivity index is 1.44. The van der Waals surface area contributed by atoms with Gasteiger partial charge in [0.25, 0.3) is 0 Å². The SMILES string of the molecule is Cc1cccc(NC(=O)CSc2nnc(-c3ccc4c(c3)OCCCO4)n2C)c1C. The molecule has 0 unspecified atom stereocenters. The number of anilines is 1. The van der Waals surface area contributed by atoms with Crippen LogP contribution in [0.3, 0.4) is 0 Å². The first-order valence-corrected chi connectivity index (χ1v) is 10.8. The molecule has 0 atom stereocenters. The van der Waals surface area contributed by atoms with Crippen LogP contribution in [0.1, 0.15) is 17.5 Å². The lowest BCUT2D eigenvalue weighted by molar-refractivity contribution is -0.113. The van der Waals surface area contributed by atoms with Crippen LogP contribution in [0.25, 0.3) is 11.4 Å². The van der Waals surface area contributed by atoms with E-state index in [0.717, 1.165) is 40.3 Å². The average molecular weight is 425 g/mol. The first kappa shape index (κ1) is 20.3. The van der Waals surface area contributed by atoms with Crippen molar-refractivity contribution in [1.82, 2.24) is 14.8 Å². The molecule has 2 aromatic carbocycles. The number of carbonyl (C=O) groups excluding carboxylic acids is 1. The molecule has 0 saturated carbocycles. The summed E-state index contributed by atoms with van der Waals surface area (Å²) < 4.78 is 13.3. The van der Waals surface area contributed by atoms with Crippen LogP contribution in [-0.4, -0.2) is 39.6 Å². The van der Waals surface area contributed by atoms with Crippen molar-refractivity contribution in [2.24, 2.45) is 7.05 Å². The Morgan fingerprint density at radius 2 is 1.93 bits per heavy atom. The van der Waals surface area contributed by atoms with Crippen molar-refractivity contribution in [3.05, 3.63) is 47.5 Å². The third-order valence-electron chi connectivity index (χ3n) is 5.05. The predicted molar refractivity (Wildman–Crippen MR) is 117 cm³/mol. The second-order valence-corrected chi connectivity index (χ2v) is 8.10. The molecule has 156 valence electrons. The monoisotopic (exact) mass is 424 g/mol. The molecule has 1 aliphatic heterocycles. The van der Waals surface area contributed by atoms with Crippen LogP contribution >= 0.6 is 11.8 Å². The van der Waals surface area contributed by atoms with Gasteiger partial charge in [0.1, 0.15) is 0 Å². The summed E-state index contributed by atoms with van der Waals surface area (Å²) >= 11 is 1.35. The van der Waals surface area contributed by atoms with Crippen LogP contribution in [0, 0.1) is 13.8 Å². The minimum Gasteiger partial charge on any atom is -0.490 e. The molecule has 0 spiro atoms. The van der Waals surface area contributed by atoms with Gasteiger partial charge in [0, 0.05) is 24.7 Å². The second-order valence-electron chi connectivity index (χ2n) is 7.16. The van der Waals surface area contributed by atoms with E-state index in [4.69, 9.17) is 9.47 Å². The Bertz CT molecular complexity index is 1080. The molecule has 1 amide bonds. The van der Waals surface area contributed by atoms with Crippen LogP contribution in [0.4, 0.5) is 5.69 Å². The molecule has 3 aromatic rings. The lowest BCUT2D eigenvalue weighted by Gasteiger charge is -2.10. The number of fused-ring (bicyclic) bond motifs is 1. The number of hydrogen-bond donors (Lipinski definition) is 1. The minimum atomic E-state index is -0.0752. The average Bonchev–Trinajstić information content (AvgIpc) is 2.95. The first-order chi connectivity index (χ1) is 14.5. The van der Waals surface area contributed by atoms with Gasteiger partial charge in [-0.15, -0.1) is 10.2 Å². The summed E-state index contributed by atoms with van der Waals surface area (Å²) in [5, 5.41) is 12.2. The maximum atomic E-state index is 12.4. The van der Waals surface area contributed by atoms with Crippen molar-refractivity contribution in [2.75, 3.05) is 24.3 Å². The number of amides is 1. The van der Waals surface area contributed by atoms with E-state index in [2.05, 4.69) is 15.5 Å². The van der Waals surface area contributed by atoms with Crippen molar-refractivity contribution in [1.29, 1.82) is 0 Å². The lowest BCUT2D eigenvalue weighted by atomic mass is 10.1. The Morgan fingerprint density at radius 3 is 2.77 bits per heavy atom. The maximum Gasteiger partial charge on any atom is 0.234 e. The van der Waals surface area contributed by atoms with Gasteiger partial charge in [-0.3, -0.25) is 4.79 Å². The normalized spacial score (nSPS) is 13.0. The van der Waals surface area contributed by atoms with Crippen LogP contribution in [0.5, 0.6) is 11.5 Å².